The highest BCUT2D eigenvalue weighted by Gasteiger charge is 2.18. The fourth-order valence-corrected chi connectivity index (χ4v) is 1.20. The molecule has 1 atom stereocenters. The van der Waals surface area contributed by atoms with Crippen molar-refractivity contribution in [2.45, 2.75) is 19.9 Å². The highest BCUT2D eigenvalue weighted by molar-refractivity contribution is 5.49. The molecule has 0 aliphatic heterocycles. The Kier molecular flexibility index (Phi) is 2.91. The van der Waals surface area contributed by atoms with Crippen LogP contribution in [0, 0.1) is 5.92 Å². The predicted octanol–water partition coefficient (Wildman–Crippen LogP) is 1.18. The Balaban J connectivity index is 2.27. The van der Waals surface area contributed by atoms with Gasteiger partial charge in [-0.05, 0) is 12.0 Å². The van der Waals surface area contributed by atoms with Gasteiger partial charge >= 0.3 is 0 Å². The van der Waals surface area contributed by atoms with Gasteiger partial charge < -0.3 is 10.3 Å². The van der Waals surface area contributed by atoms with Gasteiger partial charge in [-0.3, -0.25) is 0 Å². The summed E-state index contributed by atoms with van der Waals surface area (Å²) >= 11 is 0. The Morgan fingerprint density at radius 1 is 1.31 bits per heavy atom. The average molecular weight is 219 g/mol. The van der Waals surface area contributed by atoms with E-state index in [4.69, 9.17) is 10.3 Å². The molecule has 6 heteroatoms. The molecule has 0 saturated heterocycles. The Morgan fingerprint density at radius 3 is 2.75 bits per heavy atom. The fourth-order valence-electron chi connectivity index (χ4n) is 1.20. The first-order valence-corrected chi connectivity index (χ1v) is 5.04. The number of nitrogens with two attached hydrogens (primary N) is 1. The van der Waals surface area contributed by atoms with E-state index in [0.29, 0.717) is 11.7 Å². The molecule has 2 heterocycles. The zero-order valence-electron chi connectivity index (χ0n) is 9.16. The zero-order chi connectivity index (χ0) is 11.5. The van der Waals surface area contributed by atoms with Crippen LogP contribution < -0.4 is 5.73 Å². The summed E-state index contributed by atoms with van der Waals surface area (Å²) in [5.41, 5.74) is 6.66. The Labute approximate surface area is 92.9 Å². The van der Waals surface area contributed by atoms with E-state index in [1.165, 1.54) is 0 Å². The van der Waals surface area contributed by atoms with Crippen molar-refractivity contribution < 1.29 is 4.52 Å². The third-order valence-corrected chi connectivity index (χ3v) is 2.29. The maximum absolute atomic E-state index is 5.92. The Hall–Kier alpha value is -1.82. The standard InChI is InChI=1S/C10H13N5O/c1-6(2)8(11)9-14-10(16-15-9)7-3-4-12-13-5-7/h3-6,8H,11H2,1-2H3. The lowest BCUT2D eigenvalue weighted by atomic mass is 10.1. The van der Waals surface area contributed by atoms with Gasteiger partial charge in [-0.25, -0.2) is 0 Å². The van der Waals surface area contributed by atoms with Crippen LogP contribution in [0.1, 0.15) is 25.7 Å². The monoisotopic (exact) mass is 219 g/mol. The van der Waals surface area contributed by atoms with Gasteiger partial charge in [-0.15, -0.1) is 0 Å². The van der Waals surface area contributed by atoms with E-state index in [1.54, 1.807) is 18.5 Å². The van der Waals surface area contributed by atoms with Crippen LogP contribution in [-0.4, -0.2) is 20.3 Å². The van der Waals surface area contributed by atoms with E-state index in [2.05, 4.69) is 20.3 Å². The lowest BCUT2D eigenvalue weighted by Crippen LogP contribution is -2.18. The average Bonchev–Trinajstić information content (AvgIpc) is 2.78. The second-order valence-corrected chi connectivity index (χ2v) is 3.86. The molecule has 0 fully saturated rings. The quantitative estimate of drug-likeness (QED) is 0.833. The SMILES string of the molecule is CC(C)C(N)c1noc(-c2ccnnc2)n1. The molecule has 84 valence electrons. The van der Waals surface area contributed by atoms with Crippen molar-refractivity contribution >= 4 is 0 Å². The number of nitrogens with zero attached hydrogens (tertiary/aromatic N) is 4. The second-order valence-electron chi connectivity index (χ2n) is 3.86. The summed E-state index contributed by atoms with van der Waals surface area (Å²) in [4.78, 5) is 4.23. The molecule has 1 unspecified atom stereocenters. The fraction of sp³-hybridized carbons (Fsp3) is 0.400. The Morgan fingerprint density at radius 2 is 2.12 bits per heavy atom. The first-order chi connectivity index (χ1) is 7.68. The number of hydrogen-bond donors (Lipinski definition) is 1. The summed E-state index contributed by atoms with van der Waals surface area (Å²) in [7, 11) is 0. The van der Waals surface area contributed by atoms with Gasteiger partial charge in [0.15, 0.2) is 5.82 Å². The Bertz CT molecular complexity index is 453. The van der Waals surface area contributed by atoms with Crippen LogP contribution in [0.2, 0.25) is 0 Å². The van der Waals surface area contributed by atoms with E-state index in [-0.39, 0.29) is 12.0 Å². The molecule has 6 nitrogen and oxygen atoms in total. The number of rotatable bonds is 3. The van der Waals surface area contributed by atoms with Crippen LogP contribution in [0.4, 0.5) is 0 Å². The first-order valence-electron chi connectivity index (χ1n) is 5.04. The van der Waals surface area contributed by atoms with Crippen molar-refractivity contribution in [1.29, 1.82) is 0 Å². The normalized spacial score (nSPS) is 13.0. The lowest BCUT2D eigenvalue weighted by Gasteiger charge is -2.09. The predicted molar refractivity (Wildman–Crippen MR) is 57.1 cm³/mol. The smallest absolute Gasteiger partial charge is 0.259 e. The van der Waals surface area contributed by atoms with Crippen molar-refractivity contribution in [2.75, 3.05) is 0 Å². The highest BCUT2D eigenvalue weighted by atomic mass is 16.5. The maximum atomic E-state index is 5.92. The summed E-state index contributed by atoms with van der Waals surface area (Å²) in [6.07, 6.45) is 3.14. The van der Waals surface area contributed by atoms with E-state index in [0.717, 1.165) is 5.56 Å². The molecular formula is C10H13N5O. The first kappa shape index (κ1) is 10.7. The molecule has 0 spiro atoms. The van der Waals surface area contributed by atoms with E-state index in [9.17, 15) is 0 Å². The van der Waals surface area contributed by atoms with Crippen LogP contribution in [0.15, 0.2) is 23.0 Å². The van der Waals surface area contributed by atoms with Crippen LogP contribution in [0.3, 0.4) is 0 Å². The minimum Gasteiger partial charge on any atom is -0.334 e. The molecule has 0 bridgehead atoms. The molecule has 0 amide bonds. The summed E-state index contributed by atoms with van der Waals surface area (Å²) < 4.78 is 5.11. The van der Waals surface area contributed by atoms with Crippen LogP contribution in [0.25, 0.3) is 11.5 Å². The van der Waals surface area contributed by atoms with Crippen LogP contribution in [-0.2, 0) is 0 Å². The van der Waals surface area contributed by atoms with Gasteiger partial charge in [-0.2, -0.15) is 15.2 Å². The van der Waals surface area contributed by atoms with Gasteiger partial charge in [0.1, 0.15) is 0 Å². The maximum Gasteiger partial charge on any atom is 0.259 e. The summed E-state index contributed by atoms with van der Waals surface area (Å²) in [6.45, 7) is 4.02. The topological polar surface area (TPSA) is 90.7 Å². The summed E-state index contributed by atoms with van der Waals surface area (Å²) in [6, 6.07) is 1.54. The summed E-state index contributed by atoms with van der Waals surface area (Å²) in [5, 5.41) is 11.3. The lowest BCUT2D eigenvalue weighted by molar-refractivity contribution is 0.400. The van der Waals surface area contributed by atoms with Crippen molar-refractivity contribution in [3.05, 3.63) is 24.3 Å². The highest BCUT2D eigenvalue weighted by Crippen LogP contribution is 2.20. The molecule has 16 heavy (non-hydrogen) atoms. The number of aromatic nitrogens is 4. The minimum absolute atomic E-state index is 0.215. The van der Waals surface area contributed by atoms with Crippen molar-refractivity contribution in [1.82, 2.24) is 20.3 Å². The summed E-state index contributed by atoms with van der Waals surface area (Å²) in [5.74, 6) is 1.20. The van der Waals surface area contributed by atoms with Gasteiger partial charge in [0.25, 0.3) is 5.89 Å². The van der Waals surface area contributed by atoms with Gasteiger partial charge in [0.2, 0.25) is 0 Å². The van der Waals surface area contributed by atoms with E-state index < -0.39 is 0 Å². The van der Waals surface area contributed by atoms with E-state index >= 15 is 0 Å². The van der Waals surface area contributed by atoms with Crippen LogP contribution >= 0.6 is 0 Å². The molecule has 0 aliphatic carbocycles. The third kappa shape index (κ3) is 2.06. The second kappa shape index (κ2) is 4.36. The number of hydrogen-bond acceptors (Lipinski definition) is 6. The van der Waals surface area contributed by atoms with Crippen molar-refractivity contribution in [3.63, 3.8) is 0 Å². The van der Waals surface area contributed by atoms with Gasteiger partial charge in [0, 0.05) is 0 Å². The van der Waals surface area contributed by atoms with Gasteiger partial charge in [0.05, 0.1) is 24.0 Å². The molecular weight excluding hydrogens is 206 g/mol. The largest absolute Gasteiger partial charge is 0.334 e. The van der Waals surface area contributed by atoms with Crippen molar-refractivity contribution in [2.24, 2.45) is 11.7 Å². The van der Waals surface area contributed by atoms with Crippen molar-refractivity contribution in [3.8, 4) is 11.5 Å². The zero-order valence-corrected chi connectivity index (χ0v) is 9.16. The van der Waals surface area contributed by atoms with E-state index in [1.807, 2.05) is 13.8 Å². The molecule has 0 radical (unpaired) electrons. The molecule has 2 aromatic heterocycles. The molecule has 2 aromatic rings. The van der Waals surface area contributed by atoms with Crippen LogP contribution in [0.5, 0.6) is 0 Å². The molecule has 0 aliphatic rings. The minimum atomic E-state index is -0.215. The molecule has 0 saturated carbocycles. The molecule has 2 N–H and O–H groups in total. The van der Waals surface area contributed by atoms with Gasteiger partial charge in [-0.1, -0.05) is 19.0 Å². The molecule has 0 aromatic carbocycles. The molecule has 2 rings (SSSR count). The third-order valence-electron chi connectivity index (χ3n) is 2.29.